The number of hydrogen-bond acceptors (Lipinski definition) is 4. The Bertz CT molecular complexity index is 1000. The number of nitrogens with zero attached hydrogens (tertiary/aromatic N) is 2. The first-order valence-electron chi connectivity index (χ1n) is 8.67. The van der Waals surface area contributed by atoms with E-state index in [2.05, 4.69) is 74.1 Å². The topological polar surface area (TPSA) is 64.6 Å². The molecule has 0 spiro atoms. The summed E-state index contributed by atoms with van der Waals surface area (Å²) in [5.74, 6) is 1.99. The number of benzene rings is 2. The van der Waals surface area contributed by atoms with E-state index in [0.717, 1.165) is 60.2 Å². The predicted molar refractivity (Wildman–Crippen MR) is 117 cm³/mol. The van der Waals surface area contributed by atoms with E-state index in [1.54, 1.807) is 0 Å². The first-order valence-corrected chi connectivity index (χ1v) is 8.67. The van der Waals surface area contributed by atoms with Crippen LogP contribution in [0.15, 0.2) is 58.5 Å². The number of rotatable bonds is 3. The Balaban J connectivity index is 0.00000105. The lowest BCUT2D eigenvalue weighted by molar-refractivity contribution is 0.960. The van der Waals surface area contributed by atoms with Gasteiger partial charge in [0.15, 0.2) is 0 Å². The van der Waals surface area contributed by atoms with Crippen molar-refractivity contribution < 1.29 is 0 Å². The van der Waals surface area contributed by atoms with E-state index in [-0.39, 0.29) is 24.8 Å². The zero-order chi connectivity index (χ0) is 16.6. The normalized spacial score (nSPS) is 15.3. The summed E-state index contributed by atoms with van der Waals surface area (Å²) in [6.45, 7) is 3.58. The van der Waals surface area contributed by atoms with Gasteiger partial charge in [-0.3, -0.25) is 9.98 Å². The van der Waals surface area contributed by atoms with Gasteiger partial charge in [-0.05, 0) is 17.7 Å². The van der Waals surface area contributed by atoms with Gasteiger partial charge in [0.05, 0.1) is 13.1 Å². The maximum atomic E-state index is 4.50. The van der Waals surface area contributed by atoms with Crippen LogP contribution in [0.3, 0.4) is 0 Å². The minimum atomic E-state index is 0. The van der Waals surface area contributed by atoms with Crippen LogP contribution >= 0.6 is 24.8 Å². The van der Waals surface area contributed by atoms with Crippen molar-refractivity contribution in [3.8, 4) is 11.3 Å². The highest BCUT2D eigenvalue weighted by atomic mass is 35.5. The number of amidine groups is 2. The molecule has 27 heavy (non-hydrogen) atoms. The summed E-state index contributed by atoms with van der Waals surface area (Å²) in [7, 11) is 0. The Kier molecular flexibility index (Phi) is 5.73. The third-order valence-electron chi connectivity index (χ3n) is 4.71. The monoisotopic (exact) mass is 401 g/mol. The van der Waals surface area contributed by atoms with Crippen molar-refractivity contribution in [2.75, 3.05) is 26.2 Å². The van der Waals surface area contributed by atoms with Crippen molar-refractivity contribution >= 4 is 47.4 Å². The van der Waals surface area contributed by atoms with Gasteiger partial charge in [0, 0.05) is 40.8 Å². The predicted octanol–water partition coefficient (Wildman–Crippen LogP) is 3.38. The van der Waals surface area contributed by atoms with Gasteiger partial charge in [0.25, 0.3) is 0 Å². The number of fused-ring (bicyclic) bond motifs is 1. The van der Waals surface area contributed by atoms with Crippen molar-refractivity contribution in [2.24, 2.45) is 9.98 Å². The molecule has 5 nitrogen and oxygen atoms in total. The molecule has 140 valence electrons. The molecule has 3 aromatic rings. The Morgan fingerprint density at radius 3 is 1.89 bits per heavy atom. The summed E-state index contributed by atoms with van der Waals surface area (Å²) < 4.78 is 0. The average Bonchev–Trinajstić information content (AvgIpc) is 3.42. The third-order valence-corrected chi connectivity index (χ3v) is 4.71. The average molecular weight is 402 g/mol. The van der Waals surface area contributed by atoms with Crippen LogP contribution in [0.4, 0.5) is 0 Å². The molecule has 0 atom stereocenters. The number of aliphatic imine (C=N–C) groups is 2. The Morgan fingerprint density at radius 2 is 1.26 bits per heavy atom. The summed E-state index contributed by atoms with van der Waals surface area (Å²) in [5.41, 5.74) is 5.72. The van der Waals surface area contributed by atoms with Crippen molar-refractivity contribution in [3.05, 3.63) is 59.7 Å². The van der Waals surface area contributed by atoms with Crippen LogP contribution in [0, 0.1) is 0 Å². The van der Waals surface area contributed by atoms with Crippen molar-refractivity contribution in [1.82, 2.24) is 15.6 Å². The molecule has 1 aromatic heterocycles. The first kappa shape index (κ1) is 19.3. The molecule has 0 radical (unpaired) electrons. The molecule has 0 unspecified atom stereocenters. The highest BCUT2D eigenvalue weighted by Gasteiger charge is 2.11. The van der Waals surface area contributed by atoms with E-state index in [0.29, 0.717) is 0 Å². The molecule has 2 aliphatic heterocycles. The second kappa shape index (κ2) is 8.03. The second-order valence-electron chi connectivity index (χ2n) is 6.38. The number of H-pyrrole nitrogens is 1. The van der Waals surface area contributed by atoms with Gasteiger partial charge in [-0.2, -0.15) is 0 Å². The van der Waals surface area contributed by atoms with E-state index >= 15 is 0 Å². The van der Waals surface area contributed by atoms with Crippen LogP contribution in [0.5, 0.6) is 0 Å². The Morgan fingerprint density at radius 1 is 0.667 bits per heavy atom. The van der Waals surface area contributed by atoms with Crippen LogP contribution < -0.4 is 10.6 Å². The van der Waals surface area contributed by atoms with Gasteiger partial charge in [-0.25, -0.2) is 0 Å². The summed E-state index contributed by atoms with van der Waals surface area (Å²) in [6, 6.07) is 17.2. The number of aromatic amines is 1. The van der Waals surface area contributed by atoms with Crippen molar-refractivity contribution in [1.29, 1.82) is 0 Å². The number of halogens is 2. The second-order valence-corrected chi connectivity index (χ2v) is 6.38. The quantitative estimate of drug-likeness (QED) is 0.629. The maximum Gasteiger partial charge on any atom is 0.128 e. The standard InChI is InChI=1S/C20H19N5.2ClH/c1-3-14(19-21-7-8-22-19)4-2-13(1)17-11-15-5-6-16(12-18(15)25-17)20-23-9-10-24-20;;/h1-6,11-12,25H,7-10H2,(H,21,22)(H,23,24);2*1H. The van der Waals surface area contributed by atoms with Crippen LogP contribution in [0.25, 0.3) is 22.2 Å². The summed E-state index contributed by atoms with van der Waals surface area (Å²) >= 11 is 0. The SMILES string of the molecule is Cl.Cl.c1cc(-c2cc3ccc(C4=NCCN4)cc3[nH]2)ccc1C1=NCCN1. The number of hydrogen-bond donors (Lipinski definition) is 3. The Labute approximate surface area is 170 Å². The molecule has 0 bridgehead atoms. The molecule has 7 heteroatoms. The van der Waals surface area contributed by atoms with Gasteiger partial charge in [0.2, 0.25) is 0 Å². The zero-order valence-corrected chi connectivity index (χ0v) is 16.3. The minimum Gasteiger partial charge on any atom is -0.368 e. The smallest absolute Gasteiger partial charge is 0.128 e. The highest BCUT2D eigenvalue weighted by molar-refractivity contribution is 6.03. The number of nitrogens with one attached hydrogen (secondary N) is 3. The molecule has 0 amide bonds. The van der Waals surface area contributed by atoms with E-state index in [4.69, 9.17) is 0 Å². The molecule has 0 saturated heterocycles. The van der Waals surface area contributed by atoms with Crippen LogP contribution in [-0.4, -0.2) is 42.8 Å². The van der Waals surface area contributed by atoms with E-state index < -0.39 is 0 Å². The molecule has 0 fully saturated rings. The van der Waals surface area contributed by atoms with Gasteiger partial charge >= 0.3 is 0 Å². The molecule has 3 heterocycles. The van der Waals surface area contributed by atoms with Crippen molar-refractivity contribution in [3.63, 3.8) is 0 Å². The molecule has 2 aromatic carbocycles. The lowest BCUT2D eigenvalue weighted by Crippen LogP contribution is -2.19. The van der Waals surface area contributed by atoms with Crippen molar-refractivity contribution in [2.45, 2.75) is 0 Å². The fraction of sp³-hybridized carbons (Fsp3) is 0.200. The van der Waals surface area contributed by atoms with Gasteiger partial charge in [0.1, 0.15) is 11.7 Å². The molecular weight excluding hydrogens is 381 g/mol. The fourth-order valence-electron chi connectivity index (χ4n) is 3.42. The summed E-state index contributed by atoms with van der Waals surface area (Å²) in [5, 5.41) is 7.85. The molecule has 0 aliphatic carbocycles. The lowest BCUT2D eigenvalue weighted by atomic mass is 10.1. The first-order chi connectivity index (χ1) is 12.4. The number of aromatic nitrogens is 1. The van der Waals surface area contributed by atoms with E-state index in [1.165, 1.54) is 10.9 Å². The largest absolute Gasteiger partial charge is 0.368 e. The molecular formula is C20H21Cl2N5. The molecule has 5 rings (SSSR count). The third kappa shape index (κ3) is 3.66. The van der Waals surface area contributed by atoms with Gasteiger partial charge in [-0.15, -0.1) is 24.8 Å². The summed E-state index contributed by atoms with van der Waals surface area (Å²) in [6.07, 6.45) is 0. The molecule has 0 saturated carbocycles. The molecule has 2 aliphatic rings. The van der Waals surface area contributed by atoms with Crippen LogP contribution in [0.1, 0.15) is 11.1 Å². The highest BCUT2D eigenvalue weighted by Crippen LogP contribution is 2.25. The van der Waals surface area contributed by atoms with Gasteiger partial charge < -0.3 is 15.6 Å². The summed E-state index contributed by atoms with van der Waals surface area (Å²) in [4.78, 5) is 12.5. The minimum absolute atomic E-state index is 0. The zero-order valence-electron chi connectivity index (χ0n) is 14.7. The Hall–Kier alpha value is -2.50. The van der Waals surface area contributed by atoms with Crippen LogP contribution in [-0.2, 0) is 0 Å². The van der Waals surface area contributed by atoms with E-state index in [1.807, 2.05) is 0 Å². The van der Waals surface area contributed by atoms with Crippen LogP contribution in [0.2, 0.25) is 0 Å². The molecule has 3 N–H and O–H groups in total. The van der Waals surface area contributed by atoms with Gasteiger partial charge in [-0.1, -0.05) is 36.4 Å². The van der Waals surface area contributed by atoms with E-state index in [9.17, 15) is 0 Å². The lowest BCUT2D eigenvalue weighted by Gasteiger charge is -2.04. The maximum absolute atomic E-state index is 4.50. The fourth-order valence-corrected chi connectivity index (χ4v) is 3.42.